The number of amides is 1. The van der Waals surface area contributed by atoms with Gasteiger partial charge in [0.2, 0.25) is 6.41 Å². The molecule has 4 nitrogen and oxygen atoms in total. The van der Waals surface area contributed by atoms with Gasteiger partial charge in [0.25, 0.3) is 0 Å². The summed E-state index contributed by atoms with van der Waals surface area (Å²) in [5.41, 5.74) is 0.798. The van der Waals surface area contributed by atoms with Crippen LogP contribution in [-0.4, -0.2) is 26.2 Å². The molecule has 0 aliphatic heterocycles. The lowest BCUT2D eigenvalue weighted by Gasteiger charge is -2.13. The Morgan fingerprint density at radius 3 is 2.60 bits per heavy atom. The van der Waals surface area contributed by atoms with Crippen molar-refractivity contribution in [3.8, 4) is 0 Å². The quantitative estimate of drug-likeness (QED) is 0.550. The summed E-state index contributed by atoms with van der Waals surface area (Å²) in [4.78, 5) is 12.3. The normalized spacial score (nSPS) is 10.9. The van der Waals surface area contributed by atoms with Crippen LogP contribution in [-0.2, 0) is 13.9 Å². The summed E-state index contributed by atoms with van der Waals surface area (Å²) in [6.07, 6.45) is 1.08. The molecule has 0 saturated heterocycles. The highest BCUT2D eigenvalue weighted by molar-refractivity contribution is 7.39. The molecule has 0 heterocycles. The van der Waals surface area contributed by atoms with Crippen molar-refractivity contribution >= 4 is 20.1 Å². The van der Waals surface area contributed by atoms with Crippen molar-refractivity contribution < 1.29 is 13.9 Å². The Hall–Kier alpha value is -1.25. The number of carbonyl (C=O) groups excluding carboxylic acids is 1. The largest absolute Gasteiger partial charge is 0.509 e. The number of hydrogen-bond acceptors (Lipinski definition) is 3. The number of carbonyl (C=O) groups is 1. The summed E-state index contributed by atoms with van der Waals surface area (Å²) in [6.45, 7) is 0.399. The fourth-order valence-corrected chi connectivity index (χ4v) is 1.70. The van der Waals surface area contributed by atoms with Crippen molar-refractivity contribution in [2.45, 2.75) is 0 Å². The molecule has 0 aromatic heterocycles. The van der Waals surface area contributed by atoms with E-state index in [0.717, 1.165) is 12.1 Å². The van der Waals surface area contributed by atoms with Crippen molar-refractivity contribution in [3.63, 3.8) is 0 Å². The fraction of sp³-hybridized carbons (Fsp3) is 0.300. The maximum absolute atomic E-state index is 11.0. The average molecular weight is 226 g/mol. The third kappa shape index (κ3) is 3.78. The molecule has 1 rings (SSSR count). The molecule has 1 aromatic rings. The summed E-state index contributed by atoms with van der Waals surface area (Å²) >= 11 is 0. The van der Waals surface area contributed by atoms with E-state index in [1.54, 1.807) is 0 Å². The second-order valence-electron chi connectivity index (χ2n) is 2.87. The van der Waals surface area contributed by atoms with Crippen LogP contribution in [0.15, 0.2) is 30.3 Å². The van der Waals surface area contributed by atoms with Crippen LogP contribution in [0.4, 0.5) is 5.69 Å². The SMILES string of the molecule is CO[P+](=O)CCN(C=O)c1ccccc1. The van der Waals surface area contributed by atoms with Crippen LogP contribution in [0.25, 0.3) is 0 Å². The van der Waals surface area contributed by atoms with E-state index in [1.807, 2.05) is 30.3 Å². The van der Waals surface area contributed by atoms with Crippen molar-refractivity contribution in [1.82, 2.24) is 0 Å². The molecule has 5 heteroatoms. The van der Waals surface area contributed by atoms with Gasteiger partial charge in [0.1, 0.15) is 0 Å². The summed E-state index contributed by atoms with van der Waals surface area (Å²) in [5.74, 6) is 0. The molecule has 1 amide bonds. The smallest absolute Gasteiger partial charge is 0.311 e. The highest BCUT2D eigenvalue weighted by atomic mass is 31.1. The van der Waals surface area contributed by atoms with Crippen molar-refractivity contribution in [2.75, 3.05) is 24.7 Å². The van der Waals surface area contributed by atoms with Crippen LogP contribution in [0, 0.1) is 0 Å². The average Bonchev–Trinajstić information content (AvgIpc) is 2.31. The molecule has 0 fully saturated rings. The number of hydrogen-bond donors (Lipinski definition) is 0. The van der Waals surface area contributed by atoms with Gasteiger partial charge in [0, 0.05) is 5.69 Å². The number of para-hydroxylation sites is 1. The highest BCUT2D eigenvalue weighted by Gasteiger charge is 2.16. The number of benzene rings is 1. The Bertz CT molecular complexity index is 329. The van der Waals surface area contributed by atoms with E-state index in [4.69, 9.17) is 0 Å². The molecule has 1 aromatic carbocycles. The number of nitrogens with zero attached hydrogens (tertiary/aromatic N) is 1. The first-order valence-corrected chi connectivity index (χ1v) is 5.90. The standard InChI is InChI=1S/C10H13NO3P/c1-14-15(13)8-7-11(9-12)10-5-3-2-4-6-10/h2-6,9H,7-8H2,1H3/q+1. The molecule has 0 aliphatic rings. The van der Waals surface area contributed by atoms with E-state index in [0.29, 0.717) is 12.7 Å². The van der Waals surface area contributed by atoms with Crippen LogP contribution in [0.3, 0.4) is 0 Å². The Labute approximate surface area is 89.7 Å². The first-order valence-electron chi connectivity index (χ1n) is 4.53. The fourth-order valence-electron chi connectivity index (χ4n) is 1.14. The predicted molar refractivity (Wildman–Crippen MR) is 59.3 cm³/mol. The first-order chi connectivity index (χ1) is 7.27. The zero-order chi connectivity index (χ0) is 11.1. The zero-order valence-electron chi connectivity index (χ0n) is 8.50. The Kier molecular flexibility index (Phi) is 4.95. The van der Waals surface area contributed by atoms with Gasteiger partial charge in [-0.1, -0.05) is 18.2 Å². The minimum atomic E-state index is -1.66. The molecular formula is C10H13NO3P+. The Morgan fingerprint density at radius 2 is 2.07 bits per heavy atom. The Balaban J connectivity index is 2.57. The van der Waals surface area contributed by atoms with Crippen LogP contribution in [0.5, 0.6) is 0 Å². The summed E-state index contributed by atoms with van der Waals surface area (Å²) < 4.78 is 15.7. The lowest BCUT2D eigenvalue weighted by atomic mass is 10.3. The van der Waals surface area contributed by atoms with E-state index >= 15 is 0 Å². The summed E-state index contributed by atoms with van der Waals surface area (Å²) in [7, 11) is -0.262. The van der Waals surface area contributed by atoms with Gasteiger partial charge in [-0.25, -0.2) is 0 Å². The molecule has 0 radical (unpaired) electrons. The summed E-state index contributed by atoms with van der Waals surface area (Å²) in [5, 5.41) is 0. The third-order valence-corrected chi connectivity index (χ3v) is 2.91. The molecule has 80 valence electrons. The number of rotatable bonds is 6. The van der Waals surface area contributed by atoms with Gasteiger partial charge in [-0.2, -0.15) is 0 Å². The zero-order valence-corrected chi connectivity index (χ0v) is 9.39. The van der Waals surface area contributed by atoms with Gasteiger partial charge in [0.05, 0.1) is 13.7 Å². The molecular weight excluding hydrogens is 213 g/mol. The van der Waals surface area contributed by atoms with Crippen LogP contribution < -0.4 is 4.90 Å². The second kappa shape index (κ2) is 6.27. The molecule has 15 heavy (non-hydrogen) atoms. The molecule has 0 saturated carbocycles. The van der Waals surface area contributed by atoms with E-state index in [1.165, 1.54) is 12.0 Å². The van der Waals surface area contributed by atoms with E-state index < -0.39 is 8.03 Å². The molecule has 0 bridgehead atoms. The van der Waals surface area contributed by atoms with E-state index in [-0.39, 0.29) is 0 Å². The van der Waals surface area contributed by atoms with Crippen LogP contribution >= 0.6 is 8.03 Å². The van der Waals surface area contributed by atoms with Gasteiger partial charge < -0.3 is 4.90 Å². The predicted octanol–water partition coefficient (Wildman–Crippen LogP) is 2.04. The minimum Gasteiger partial charge on any atom is -0.311 e. The van der Waals surface area contributed by atoms with E-state index in [9.17, 15) is 9.36 Å². The van der Waals surface area contributed by atoms with Gasteiger partial charge in [-0.15, -0.1) is 4.52 Å². The second-order valence-corrected chi connectivity index (χ2v) is 4.35. The maximum atomic E-state index is 11.0. The molecule has 0 N–H and O–H groups in total. The van der Waals surface area contributed by atoms with E-state index in [2.05, 4.69) is 4.52 Å². The minimum absolute atomic E-state index is 0.347. The molecule has 0 spiro atoms. The van der Waals surface area contributed by atoms with Crippen molar-refractivity contribution in [3.05, 3.63) is 30.3 Å². The van der Waals surface area contributed by atoms with Gasteiger partial charge >= 0.3 is 8.03 Å². The summed E-state index contributed by atoms with van der Waals surface area (Å²) in [6, 6.07) is 9.23. The third-order valence-electron chi connectivity index (χ3n) is 1.94. The van der Waals surface area contributed by atoms with Gasteiger partial charge in [-0.3, -0.25) is 4.79 Å². The van der Waals surface area contributed by atoms with Crippen LogP contribution in [0.2, 0.25) is 0 Å². The molecule has 0 aliphatic carbocycles. The molecule has 1 unspecified atom stereocenters. The lowest BCUT2D eigenvalue weighted by molar-refractivity contribution is -0.107. The lowest BCUT2D eigenvalue weighted by Crippen LogP contribution is -2.23. The highest BCUT2D eigenvalue weighted by Crippen LogP contribution is 2.21. The topological polar surface area (TPSA) is 46.6 Å². The molecule has 1 atom stereocenters. The maximum Gasteiger partial charge on any atom is 0.509 e. The Morgan fingerprint density at radius 1 is 1.40 bits per heavy atom. The number of anilines is 1. The van der Waals surface area contributed by atoms with Crippen molar-refractivity contribution in [2.24, 2.45) is 0 Å². The van der Waals surface area contributed by atoms with Gasteiger partial charge in [-0.05, 0) is 16.7 Å². The first kappa shape index (κ1) is 11.8. The van der Waals surface area contributed by atoms with Crippen molar-refractivity contribution in [1.29, 1.82) is 0 Å². The van der Waals surface area contributed by atoms with Crippen LogP contribution in [0.1, 0.15) is 0 Å². The van der Waals surface area contributed by atoms with Gasteiger partial charge in [0.15, 0.2) is 6.16 Å². The monoisotopic (exact) mass is 226 g/mol.